The van der Waals surface area contributed by atoms with Gasteiger partial charge in [0.2, 0.25) is 5.88 Å². The Morgan fingerprint density at radius 3 is 3.10 bits per heavy atom. The summed E-state index contributed by atoms with van der Waals surface area (Å²) in [4.78, 5) is 2.87. The molecule has 0 aliphatic heterocycles. The van der Waals surface area contributed by atoms with E-state index in [4.69, 9.17) is 9.95 Å². The lowest BCUT2D eigenvalue weighted by Crippen LogP contribution is -1.48. The molecule has 0 saturated heterocycles. The second kappa shape index (κ2) is 1.70. The second-order valence-electron chi connectivity index (χ2n) is 1.97. The van der Waals surface area contributed by atoms with Crippen LogP contribution in [0.25, 0.3) is 11.0 Å². The second-order valence-corrected chi connectivity index (χ2v) is 1.97. The van der Waals surface area contributed by atoms with Crippen molar-refractivity contribution in [2.24, 2.45) is 5.11 Å². The number of nitrogens with zero attached hydrogens (tertiary/aromatic N) is 1. The number of H-pyrrole nitrogens is 1. The van der Waals surface area contributed by atoms with Crippen LogP contribution in [0.2, 0.25) is 0 Å². The first-order valence-electron chi connectivity index (χ1n) is 2.84. The molecule has 0 saturated carbocycles. The Morgan fingerprint density at radius 1 is 1.50 bits per heavy atom. The van der Waals surface area contributed by atoms with Crippen molar-refractivity contribution in [1.29, 1.82) is 5.53 Å². The van der Waals surface area contributed by atoms with Crippen molar-refractivity contribution in [3.8, 4) is 0 Å². The molecule has 0 spiro atoms. The van der Waals surface area contributed by atoms with Crippen molar-refractivity contribution < 1.29 is 4.42 Å². The molecule has 0 aliphatic rings. The summed E-state index contributed by atoms with van der Waals surface area (Å²) in [6.07, 6.45) is 3.53. The molecule has 0 amide bonds. The molecular weight excluding hydrogens is 130 g/mol. The minimum absolute atomic E-state index is 0.346. The third-order valence-corrected chi connectivity index (χ3v) is 1.34. The van der Waals surface area contributed by atoms with Crippen LogP contribution in [0, 0.1) is 5.53 Å². The number of fused-ring (bicyclic) bond motifs is 1. The molecule has 0 bridgehead atoms. The van der Waals surface area contributed by atoms with Crippen LogP contribution >= 0.6 is 0 Å². The molecule has 0 aliphatic carbocycles. The highest BCUT2D eigenvalue weighted by Gasteiger charge is 2.00. The van der Waals surface area contributed by atoms with E-state index in [9.17, 15) is 0 Å². The van der Waals surface area contributed by atoms with Crippen LogP contribution in [-0.4, -0.2) is 4.98 Å². The fourth-order valence-corrected chi connectivity index (χ4v) is 0.893. The third-order valence-electron chi connectivity index (χ3n) is 1.34. The van der Waals surface area contributed by atoms with E-state index in [1.807, 2.05) is 0 Å². The van der Waals surface area contributed by atoms with E-state index in [-0.39, 0.29) is 0 Å². The maximum absolute atomic E-state index is 6.64. The van der Waals surface area contributed by atoms with Crippen molar-refractivity contribution in [2.45, 2.75) is 0 Å². The zero-order valence-electron chi connectivity index (χ0n) is 5.09. The van der Waals surface area contributed by atoms with E-state index in [0.717, 1.165) is 11.0 Å². The first kappa shape index (κ1) is 5.22. The summed E-state index contributed by atoms with van der Waals surface area (Å²) >= 11 is 0. The molecule has 2 heterocycles. The number of aromatic nitrogens is 1. The van der Waals surface area contributed by atoms with Gasteiger partial charge in [-0.3, -0.25) is 0 Å². The van der Waals surface area contributed by atoms with Crippen LogP contribution in [0.3, 0.4) is 0 Å². The van der Waals surface area contributed by atoms with Gasteiger partial charge in [-0.25, -0.2) is 5.53 Å². The van der Waals surface area contributed by atoms with E-state index in [0.29, 0.717) is 5.88 Å². The van der Waals surface area contributed by atoms with E-state index in [1.54, 1.807) is 18.5 Å². The Labute approximate surface area is 56.4 Å². The maximum Gasteiger partial charge on any atom is 0.238 e. The number of furan rings is 1. The molecule has 2 N–H and O–H groups in total. The highest BCUT2D eigenvalue weighted by molar-refractivity contribution is 5.79. The van der Waals surface area contributed by atoms with Gasteiger partial charge in [0.1, 0.15) is 0 Å². The Hall–Kier alpha value is -1.58. The van der Waals surface area contributed by atoms with Crippen molar-refractivity contribution in [1.82, 2.24) is 4.98 Å². The number of hydrogen-bond donors (Lipinski definition) is 2. The van der Waals surface area contributed by atoms with Gasteiger partial charge in [0.15, 0.2) is 5.58 Å². The van der Waals surface area contributed by atoms with Gasteiger partial charge in [-0.15, -0.1) is 5.11 Å². The summed E-state index contributed by atoms with van der Waals surface area (Å²) in [5.74, 6) is 0.346. The fraction of sp³-hybridized carbons (Fsp3) is 0. The molecule has 2 aromatic heterocycles. The molecule has 0 radical (unpaired) electrons. The van der Waals surface area contributed by atoms with Gasteiger partial charge in [0.05, 0.1) is 0 Å². The van der Waals surface area contributed by atoms with E-state index in [2.05, 4.69) is 10.1 Å². The van der Waals surface area contributed by atoms with E-state index >= 15 is 0 Å². The number of nitrogens with one attached hydrogen (secondary N) is 2. The first-order valence-corrected chi connectivity index (χ1v) is 2.84. The standard InChI is InChI=1S/C6H5N3O/c7-9-6-1-4-2-8-3-5(4)10-6/h1-3,7-8H. The Bertz CT molecular complexity index is 331. The first-order chi connectivity index (χ1) is 4.90. The number of hydrogen-bond acceptors (Lipinski definition) is 3. The summed E-state index contributed by atoms with van der Waals surface area (Å²) in [6, 6.07) is 1.71. The Morgan fingerprint density at radius 2 is 2.40 bits per heavy atom. The zero-order chi connectivity index (χ0) is 6.97. The average molecular weight is 135 g/mol. The van der Waals surface area contributed by atoms with Gasteiger partial charge in [-0.2, -0.15) is 0 Å². The molecule has 10 heavy (non-hydrogen) atoms. The summed E-state index contributed by atoms with van der Waals surface area (Å²) in [7, 11) is 0. The van der Waals surface area contributed by atoms with Crippen LogP contribution in [0.15, 0.2) is 28.0 Å². The molecule has 4 nitrogen and oxygen atoms in total. The molecular formula is C6H5N3O. The molecule has 4 heteroatoms. The van der Waals surface area contributed by atoms with Gasteiger partial charge >= 0.3 is 0 Å². The topological polar surface area (TPSA) is 65.1 Å². The van der Waals surface area contributed by atoms with Gasteiger partial charge in [0.25, 0.3) is 0 Å². The highest BCUT2D eigenvalue weighted by atomic mass is 16.3. The average Bonchev–Trinajstić information content (AvgIpc) is 2.42. The molecule has 0 unspecified atom stereocenters. The Kier molecular flexibility index (Phi) is 0.887. The summed E-state index contributed by atoms with van der Waals surface area (Å²) in [5, 5.41) is 4.10. The predicted molar refractivity (Wildman–Crippen MR) is 35.4 cm³/mol. The van der Waals surface area contributed by atoms with Crippen molar-refractivity contribution in [3.63, 3.8) is 0 Å². The molecule has 2 aromatic rings. The van der Waals surface area contributed by atoms with Crippen LogP contribution in [0.5, 0.6) is 0 Å². The predicted octanol–water partition coefficient (Wildman–Crippen LogP) is 2.42. The van der Waals surface area contributed by atoms with Crippen molar-refractivity contribution >= 4 is 16.9 Å². The SMILES string of the molecule is N=Nc1cc2c[nH]cc2o1. The lowest BCUT2D eigenvalue weighted by atomic mass is 10.4. The molecule has 0 fully saturated rings. The largest absolute Gasteiger partial charge is 0.435 e. The van der Waals surface area contributed by atoms with E-state index < -0.39 is 0 Å². The van der Waals surface area contributed by atoms with Crippen LogP contribution < -0.4 is 0 Å². The van der Waals surface area contributed by atoms with Gasteiger partial charge in [-0.1, -0.05) is 0 Å². The monoisotopic (exact) mass is 135 g/mol. The summed E-state index contributed by atoms with van der Waals surface area (Å²) in [5.41, 5.74) is 7.38. The van der Waals surface area contributed by atoms with Crippen LogP contribution in [-0.2, 0) is 0 Å². The lowest BCUT2D eigenvalue weighted by Gasteiger charge is -1.74. The molecule has 2 rings (SSSR count). The molecule has 0 aromatic carbocycles. The summed E-state index contributed by atoms with van der Waals surface area (Å²) in [6.45, 7) is 0. The van der Waals surface area contributed by atoms with Gasteiger partial charge < -0.3 is 9.40 Å². The fourth-order valence-electron chi connectivity index (χ4n) is 0.893. The smallest absolute Gasteiger partial charge is 0.238 e. The zero-order valence-corrected chi connectivity index (χ0v) is 5.09. The quantitative estimate of drug-likeness (QED) is 0.579. The number of aromatic amines is 1. The van der Waals surface area contributed by atoms with Gasteiger partial charge in [-0.05, 0) is 0 Å². The molecule has 0 atom stereocenters. The van der Waals surface area contributed by atoms with Gasteiger partial charge in [0, 0.05) is 23.8 Å². The maximum atomic E-state index is 6.64. The minimum atomic E-state index is 0.346. The Balaban J connectivity index is 2.78. The minimum Gasteiger partial charge on any atom is -0.435 e. The highest BCUT2D eigenvalue weighted by Crippen LogP contribution is 2.23. The lowest BCUT2D eigenvalue weighted by molar-refractivity contribution is 0.615. The number of rotatable bonds is 1. The van der Waals surface area contributed by atoms with Crippen LogP contribution in [0.4, 0.5) is 5.88 Å². The van der Waals surface area contributed by atoms with Crippen LogP contribution in [0.1, 0.15) is 0 Å². The van der Waals surface area contributed by atoms with E-state index in [1.165, 1.54) is 0 Å². The van der Waals surface area contributed by atoms with Crippen molar-refractivity contribution in [2.75, 3.05) is 0 Å². The molecule has 50 valence electrons. The third kappa shape index (κ3) is 0.556. The van der Waals surface area contributed by atoms with Crippen molar-refractivity contribution in [3.05, 3.63) is 18.5 Å². The normalized spacial score (nSPS) is 10.4. The summed E-state index contributed by atoms with van der Waals surface area (Å²) < 4.78 is 5.07.